The molecule has 3 aromatic rings. The highest BCUT2D eigenvalue weighted by molar-refractivity contribution is 7.92. The van der Waals surface area contributed by atoms with Gasteiger partial charge in [-0.3, -0.25) is 14.1 Å². The van der Waals surface area contributed by atoms with Crippen molar-refractivity contribution in [2.75, 3.05) is 28.2 Å². The summed E-state index contributed by atoms with van der Waals surface area (Å²) in [6.45, 7) is -0.269. The molecule has 3 heterocycles. The number of halogens is 3. The molecule has 0 saturated heterocycles. The molecule has 2 aromatic heterocycles. The van der Waals surface area contributed by atoms with Crippen LogP contribution in [0.3, 0.4) is 0 Å². The van der Waals surface area contributed by atoms with E-state index in [4.69, 9.17) is 0 Å². The maximum absolute atomic E-state index is 13.6. The molecule has 0 unspecified atom stereocenters. The molecule has 0 aliphatic carbocycles. The van der Waals surface area contributed by atoms with Crippen molar-refractivity contribution in [3.05, 3.63) is 65.0 Å². The molecule has 1 aliphatic rings. The predicted octanol–water partition coefficient (Wildman–Crippen LogP) is 2.38. The SMILES string of the molecule is CN(c1nccnc1CNc1nc(Cc2ccc3c(c2)CC(=O)N3)ncc1C(F)(F)F)S(C)(=O)=O. The van der Waals surface area contributed by atoms with Gasteiger partial charge < -0.3 is 10.6 Å². The number of rotatable bonds is 7. The second-order valence-electron chi connectivity index (χ2n) is 7.85. The molecule has 184 valence electrons. The van der Waals surface area contributed by atoms with Crippen LogP contribution < -0.4 is 14.9 Å². The summed E-state index contributed by atoms with van der Waals surface area (Å²) in [5.74, 6) is -0.490. The number of carbonyl (C=O) groups is 1. The number of fused-ring (bicyclic) bond motifs is 1. The Morgan fingerprint density at radius 1 is 1.17 bits per heavy atom. The van der Waals surface area contributed by atoms with E-state index in [0.29, 0.717) is 11.9 Å². The van der Waals surface area contributed by atoms with Crippen molar-refractivity contribution in [3.8, 4) is 0 Å². The first-order valence-corrected chi connectivity index (χ1v) is 12.1. The van der Waals surface area contributed by atoms with E-state index in [1.54, 1.807) is 18.2 Å². The molecule has 0 bridgehead atoms. The fourth-order valence-electron chi connectivity index (χ4n) is 3.49. The Labute approximate surface area is 198 Å². The van der Waals surface area contributed by atoms with Crippen molar-refractivity contribution in [3.63, 3.8) is 0 Å². The summed E-state index contributed by atoms with van der Waals surface area (Å²) in [6.07, 6.45) is -0.0984. The average molecular weight is 507 g/mol. The number of amides is 1. The lowest BCUT2D eigenvalue weighted by atomic mass is 10.1. The van der Waals surface area contributed by atoms with Crippen LogP contribution in [0.15, 0.2) is 36.8 Å². The van der Waals surface area contributed by atoms with Crippen molar-refractivity contribution in [2.45, 2.75) is 25.6 Å². The van der Waals surface area contributed by atoms with E-state index in [9.17, 15) is 26.4 Å². The maximum atomic E-state index is 13.6. The number of nitrogens with zero attached hydrogens (tertiary/aromatic N) is 5. The topological polar surface area (TPSA) is 130 Å². The molecule has 35 heavy (non-hydrogen) atoms. The smallest absolute Gasteiger partial charge is 0.364 e. The zero-order chi connectivity index (χ0) is 25.4. The lowest BCUT2D eigenvalue weighted by molar-refractivity contribution is -0.137. The number of anilines is 3. The standard InChI is InChI=1S/C21H20F3N7O3S/c1-31(35(2,33)34)20-16(25-5-6-26-20)11-28-19-14(21(22,23)24)10-27-17(30-19)8-12-3-4-15-13(7-12)9-18(32)29-15/h3-7,10H,8-9,11H2,1-2H3,(H,29,32)(H,27,28,30). The van der Waals surface area contributed by atoms with Crippen LogP contribution in [-0.2, 0) is 40.4 Å². The van der Waals surface area contributed by atoms with Gasteiger partial charge in [-0.2, -0.15) is 13.2 Å². The van der Waals surface area contributed by atoms with E-state index >= 15 is 0 Å². The fraction of sp³-hybridized carbons (Fsp3) is 0.286. The Kier molecular flexibility index (Phi) is 6.32. The van der Waals surface area contributed by atoms with Gasteiger partial charge in [0.15, 0.2) is 5.82 Å². The number of hydrogen-bond acceptors (Lipinski definition) is 8. The van der Waals surface area contributed by atoms with Gasteiger partial charge in [0.25, 0.3) is 0 Å². The van der Waals surface area contributed by atoms with Crippen LogP contribution in [0, 0.1) is 0 Å². The molecule has 4 rings (SSSR count). The van der Waals surface area contributed by atoms with Gasteiger partial charge in [-0.25, -0.2) is 23.4 Å². The molecule has 2 N–H and O–H groups in total. The molecule has 0 spiro atoms. The summed E-state index contributed by atoms with van der Waals surface area (Å²) in [7, 11) is -2.40. The molecule has 1 aromatic carbocycles. The van der Waals surface area contributed by atoms with Gasteiger partial charge in [-0.1, -0.05) is 12.1 Å². The lowest BCUT2D eigenvalue weighted by Gasteiger charge is -2.19. The molecule has 0 fully saturated rings. The minimum absolute atomic E-state index is 0.0216. The summed E-state index contributed by atoms with van der Waals surface area (Å²) in [4.78, 5) is 27.6. The van der Waals surface area contributed by atoms with Gasteiger partial charge in [0.05, 0.1) is 19.2 Å². The maximum Gasteiger partial charge on any atom is 0.421 e. The van der Waals surface area contributed by atoms with Crippen LogP contribution >= 0.6 is 0 Å². The highest BCUT2D eigenvalue weighted by Crippen LogP contribution is 2.34. The van der Waals surface area contributed by atoms with Crippen LogP contribution in [-0.4, -0.2) is 47.6 Å². The van der Waals surface area contributed by atoms with E-state index in [1.807, 2.05) is 0 Å². The van der Waals surface area contributed by atoms with Crippen LogP contribution in [0.4, 0.5) is 30.5 Å². The third-order valence-electron chi connectivity index (χ3n) is 5.27. The number of nitrogens with one attached hydrogen (secondary N) is 2. The monoisotopic (exact) mass is 507 g/mol. The zero-order valence-electron chi connectivity index (χ0n) is 18.6. The average Bonchev–Trinajstić information content (AvgIpc) is 3.15. The Morgan fingerprint density at radius 3 is 2.63 bits per heavy atom. The van der Waals surface area contributed by atoms with Gasteiger partial charge in [-0.15, -0.1) is 0 Å². The van der Waals surface area contributed by atoms with E-state index in [2.05, 4.69) is 30.6 Å². The Hall–Kier alpha value is -3.81. The summed E-state index contributed by atoms with van der Waals surface area (Å²) < 4.78 is 65.5. The van der Waals surface area contributed by atoms with E-state index < -0.39 is 27.6 Å². The quantitative estimate of drug-likeness (QED) is 0.499. The number of sulfonamides is 1. The Bertz CT molecular complexity index is 1400. The largest absolute Gasteiger partial charge is 0.421 e. The molecule has 1 aliphatic heterocycles. The first-order valence-electron chi connectivity index (χ1n) is 10.2. The number of benzene rings is 1. The van der Waals surface area contributed by atoms with Crippen molar-refractivity contribution in [2.24, 2.45) is 0 Å². The molecule has 0 saturated carbocycles. The molecule has 10 nitrogen and oxygen atoms in total. The first-order chi connectivity index (χ1) is 16.4. The molecular formula is C21H20F3N7O3S. The van der Waals surface area contributed by atoms with Crippen molar-refractivity contribution >= 4 is 33.3 Å². The number of hydrogen-bond donors (Lipinski definition) is 2. The van der Waals surface area contributed by atoms with Crippen molar-refractivity contribution in [1.82, 2.24) is 19.9 Å². The molecule has 0 atom stereocenters. The third-order valence-corrected chi connectivity index (χ3v) is 6.44. The number of carbonyl (C=O) groups excluding carboxylic acids is 1. The molecule has 0 radical (unpaired) electrons. The van der Waals surface area contributed by atoms with Crippen molar-refractivity contribution < 1.29 is 26.4 Å². The van der Waals surface area contributed by atoms with Gasteiger partial charge in [0, 0.05) is 37.7 Å². The number of aromatic nitrogens is 4. The van der Waals surface area contributed by atoms with Gasteiger partial charge >= 0.3 is 6.18 Å². The van der Waals surface area contributed by atoms with E-state index in [0.717, 1.165) is 21.7 Å². The highest BCUT2D eigenvalue weighted by atomic mass is 32.2. The second-order valence-corrected chi connectivity index (χ2v) is 9.86. The minimum Gasteiger partial charge on any atom is -0.364 e. The van der Waals surface area contributed by atoms with Crippen LogP contribution in [0.25, 0.3) is 0 Å². The van der Waals surface area contributed by atoms with E-state index in [-0.39, 0.29) is 42.6 Å². The Morgan fingerprint density at radius 2 is 1.91 bits per heavy atom. The lowest BCUT2D eigenvalue weighted by Crippen LogP contribution is -2.27. The van der Waals surface area contributed by atoms with Gasteiger partial charge in [-0.05, 0) is 17.2 Å². The second kappa shape index (κ2) is 9.09. The normalized spacial score (nSPS) is 13.3. The molecule has 14 heteroatoms. The summed E-state index contributed by atoms with van der Waals surface area (Å²) >= 11 is 0. The molecular weight excluding hydrogens is 487 g/mol. The van der Waals surface area contributed by atoms with Crippen molar-refractivity contribution in [1.29, 1.82) is 0 Å². The summed E-state index contributed by atoms with van der Waals surface area (Å²) in [6, 6.07) is 5.26. The van der Waals surface area contributed by atoms with Gasteiger partial charge in [0.2, 0.25) is 15.9 Å². The predicted molar refractivity (Wildman–Crippen MR) is 121 cm³/mol. The highest BCUT2D eigenvalue weighted by Gasteiger charge is 2.35. The molecule has 1 amide bonds. The zero-order valence-corrected chi connectivity index (χ0v) is 19.4. The minimum atomic E-state index is -4.73. The van der Waals surface area contributed by atoms with E-state index in [1.165, 1.54) is 19.4 Å². The fourth-order valence-corrected chi connectivity index (χ4v) is 3.96. The number of alkyl halides is 3. The van der Waals surface area contributed by atoms with Gasteiger partial charge in [0.1, 0.15) is 22.9 Å². The van der Waals surface area contributed by atoms with Crippen LogP contribution in [0.1, 0.15) is 28.2 Å². The summed E-state index contributed by atoms with van der Waals surface area (Å²) in [5.41, 5.74) is 1.27. The summed E-state index contributed by atoms with van der Waals surface area (Å²) in [5, 5.41) is 5.33. The third kappa shape index (κ3) is 5.48. The first kappa shape index (κ1) is 24.3. The Balaban J connectivity index is 1.61. The van der Waals surface area contributed by atoms with Crippen LogP contribution in [0.5, 0.6) is 0 Å². The van der Waals surface area contributed by atoms with Crippen LogP contribution in [0.2, 0.25) is 0 Å².